The van der Waals surface area contributed by atoms with Crippen molar-refractivity contribution in [2.24, 2.45) is 0 Å². The molecule has 0 aromatic heterocycles. The first-order valence-corrected chi connectivity index (χ1v) is 2.84. The van der Waals surface area contributed by atoms with E-state index in [1.807, 2.05) is 0 Å². The molecule has 1 nitrogen and oxygen atoms in total. The van der Waals surface area contributed by atoms with Crippen LogP contribution in [0.15, 0.2) is 12.2 Å². The van der Waals surface area contributed by atoms with Crippen molar-refractivity contribution in [2.75, 3.05) is 0 Å². The minimum absolute atomic E-state index is 1.12. The Bertz CT molecular complexity index is 127. The van der Waals surface area contributed by atoms with Crippen LogP contribution in [0.1, 0.15) is 0 Å². The Hall–Kier alpha value is 0.1000. The molecule has 0 amide bonds. The van der Waals surface area contributed by atoms with Gasteiger partial charge in [0.15, 0.2) is 0 Å². The maximum Gasteiger partial charge on any atom is 0.210 e. The molecule has 0 atom stereocenters. The number of hydrogen-bond acceptors (Lipinski definition) is 1. The Balaban J connectivity index is 3.75. The Morgan fingerprint density at radius 3 is 2.00 bits per heavy atom. The molecule has 0 fully saturated rings. The number of nitrogens with zero attached hydrogens (tertiary/aromatic N) is 1. The molecule has 0 rings (SSSR count). The van der Waals surface area contributed by atoms with E-state index < -0.39 is 3.79 Å². The minimum Gasteiger partial charge on any atom is -0.193 e. The fourth-order valence-corrected chi connectivity index (χ4v) is 0.321. The molecule has 0 saturated heterocycles. The van der Waals surface area contributed by atoms with E-state index in [0.717, 1.165) is 6.08 Å². The van der Waals surface area contributed by atoms with E-state index >= 15 is 0 Å². The van der Waals surface area contributed by atoms with Crippen LogP contribution in [-0.4, -0.2) is 3.79 Å². The van der Waals surface area contributed by atoms with E-state index in [1.54, 1.807) is 6.07 Å². The van der Waals surface area contributed by atoms with Gasteiger partial charge in [0, 0.05) is 6.08 Å². The van der Waals surface area contributed by atoms with Crippen molar-refractivity contribution in [2.45, 2.75) is 3.79 Å². The second-order valence-electron chi connectivity index (χ2n) is 1.00. The van der Waals surface area contributed by atoms with Crippen LogP contribution in [-0.2, 0) is 0 Å². The first-order valence-electron chi connectivity index (χ1n) is 1.70. The fraction of sp³-hybridized carbons (Fsp3) is 0.250. The average Bonchev–Trinajstić information content (AvgIpc) is 1.59. The maximum atomic E-state index is 7.92. The van der Waals surface area contributed by atoms with Crippen LogP contribution in [0, 0.1) is 11.3 Å². The fourth-order valence-electron chi connectivity index (χ4n) is 0.132. The van der Waals surface area contributed by atoms with Crippen LogP contribution in [0.3, 0.4) is 0 Å². The molecule has 8 heavy (non-hydrogen) atoms. The molecule has 0 bridgehead atoms. The second-order valence-corrected chi connectivity index (χ2v) is 3.37. The highest BCUT2D eigenvalue weighted by Gasteiger charge is 2.12. The average molecular weight is 170 g/mol. The molecule has 44 valence electrons. The van der Waals surface area contributed by atoms with Crippen LogP contribution in [0.2, 0.25) is 0 Å². The quantitative estimate of drug-likeness (QED) is 0.405. The lowest BCUT2D eigenvalue weighted by molar-refractivity contribution is 1.45. The highest BCUT2D eigenvalue weighted by molar-refractivity contribution is 6.68. The minimum atomic E-state index is -1.43. The predicted octanol–water partition coefficient (Wildman–Crippen LogP) is 2.44. The molecule has 0 aliphatic carbocycles. The Labute approximate surface area is 62.4 Å². The molecule has 0 aromatic rings. The SMILES string of the molecule is N#CC=CC(Cl)(Cl)Cl. The summed E-state index contributed by atoms with van der Waals surface area (Å²) in [6.45, 7) is 0. The highest BCUT2D eigenvalue weighted by atomic mass is 35.6. The number of halogens is 3. The maximum absolute atomic E-state index is 7.92. The molecule has 0 aliphatic rings. The number of hydrogen-bond donors (Lipinski definition) is 0. The molecule has 4 heteroatoms. The zero-order chi connectivity index (χ0) is 6.62. The summed E-state index contributed by atoms with van der Waals surface area (Å²) < 4.78 is -1.43. The molecular formula is C4H2Cl3N. The van der Waals surface area contributed by atoms with Gasteiger partial charge in [-0.3, -0.25) is 0 Å². The highest BCUT2D eigenvalue weighted by Crippen LogP contribution is 2.26. The van der Waals surface area contributed by atoms with Gasteiger partial charge in [0.2, 0.25) is 3.79 Å². The van der Waals surface area contributed by atoms with E-state index in [2.05, 4.69) is 0 Å². The van der Waals surface area contributed by atoms with Crippen LogP contribution >= 0.6 is 34.8 Å². The molecule has 0 heterocycles. The van der Waals surface area contributed by atoms with Crippen molar-refractivity contribution in [3.8, 4) is 6.07 Å². The third-order valence-electron chi connectivity index (χ3n) is 0.347. The lowest BCUT2D eigenvalue weighted by Gasteiger charge is -1.98. The van der Waals surface area contributed by atoms with Crippen molar-refractivity contribution in [1.82, 2.24) is 0 Å². The largest absolute Gasteiger partial charge is 0.210 e. The van der Waals surface area contributed by atoms with E-state index in [4.69, 9.17) is 40.1 Å². The molecule has 0 saturated carbocycles. The Kier molecular flexibility index (Phi) is 3.23. The summed E-state index contributed by atoms with van der Waals surface area (Å²) in [6, 6.07) is 1.69. The van der Waals surface area contributed by atoms with Gasteiger partial charge in [-0.25, -0.2) is 0 Å². The van der Waals surface area contributed by atoms with E-state index in [1.165, 1.54) is 6.08 Å². The van der Waals surface area contributed by atoms with Gasteiger partial charge in [0.05, 0.1) is 6.07 Å². The zero-order valence-electron chi connectivity index (χ0n) is 3.74. The zero-order valence-corrected chi connectivity index (χ0v) is 6.00. The molecule has 0 aromatic carbocycles. The standard InChI is InChI=1S/C4H2Cl3N/c5-4(6,7)2-1-3-8/h1-2H. The van der Waals surface area contributed by atoms with Gasteiger partial charge in [0.25, 0.3) is 0 Å². The monoisotopic (exact) mass is 169 g/mol. The summed E-state index contributed by atoms with van der Waals surface area (Å²) >= 11 is 15.6. The summed E-state index contributed by atoms with van der Waals surface area (Å²) in [5.41, 5.74) is 0. The first-order chi connectivity index (χ1) is 3.56. The smallest absolute Gasteiger partial charge is 0.193 e. The topological polar surface area (TPSA) is 23.8 Å². The van der Waals surface area contributed by atoms with Gasteiger partial charge in [-0.2, -0.15) is 5.26 Å². The summed E-state index contributed by atoms with van der Waals surface area (Å²) in [5.74, 6) is 0. The summed E-state index contributed by atoms with van der Waals surface area (Å²) in [6.07, 6.45) is 2.30. The van der Waals surface area contributed by atoms with Crippen LogP contribution in [0.25, 0.3) is 0 Å². The van der Waals surface area contributed by atoms with E-state index in [0.29, 0.717) is 0 Å². The normalized spacial score (nSPS) is 11.8. The lowest BCUT2D eigenvalue weighted by Crippen LogP contribution is -1.92. The number of allylic oxidation sites excluding steroid dienone is 2. The molecule has 0 spiro atoms. The Morgan fingerprint density at radius 1 is 1.38 bits per heavy atom. The van der Waals surface area contributed by atoms with Crippen molar-refractivity contribution in [1.29, 1.82) is 5.26 Å². The second kappa shape index (κ2) is 3.19. The van der Waals surface area contributed by atoms with Gasteiger partial charge < -0.3 is 0 Å². The van der Waals surface area contributed by atoms with Crippen molar-refractivity contribution >= 4 is 34.8 Å². The molecular weight excluding hydrogens is 168 g/mol. The van der Waals surface area contributed by atoms with E-state index in [9.17, 15) is 0 Å². The van der Waals surface area contributed by atoms with Crippen LogP contribution in [0.4, 0.5) is 0 Å². The summed E-state index contributed by atoms with van der Waals surface area (Å²) in [7, 11) is 0. The molecule has 0 radical (unpaired) electrons. The number of alkyl halides is 3. The van der Waals surface area contributed by atoms with Gasteiger partial charge >= 0.3 is 0 Å². The molecule has 0 unspecified atom stereocenters. The van der Waals surface area contributed by atoms with Crippen molar-refractivity contribution in [3.05, 3.63) is 12.2 Å². The molecule has 0 aliphatic heterocycles. The summed E-state index contributed by atoms with van der Waals surface area (Å²) in [4.78, 5) is 0. The summed E-state index contributed by atoms with van der Waals surface area (Å²) in [5, 5.41) is 7.92. The van der Waals surface area contributed by atoms with Gasteiger partial charge in [-0.1, -0.05) is 34.8 Å². The molecule has 0 N–H and O–H groups in total. The Morgan fingerprint density at radius 2 is 1.88 bits per heavy atom. The first kappa shape index (κ1) is 8.10. The lowest BCUT2D eigenvalue weighted by atomic mass is 10.6. The predicted molar refractivity (Wildman–Crippen MR) is 35.0 cm³/mol. The number of nitriles is 1. The van der Waals surface area contributed by atoms with Crippen molar-refractivity contribution in [3.63, 3.8) is 0 Å². The van der Waals surface area contributed by atoms with Crippen LogP contribution < -0.4 is 0 Å². The van der Waals surface area contributed by atoms with Gasteiger partial charge in [-0.15, -0.1) is 0 Å². The van der Waals surface area contributed by atoms with Crippen molar-refractivity contribution < 1.29 is 0 Å². The third kappa shape index (κ3) is 6.10. The van der Waals surface area contributed by atoms with E-state index in [-0.39, 0.29) is 0 Å². The van der Waals surface area contributed by atoms with Gasteiger partial charge in [0.1, 0.15) is 0 Å². The van der Waals surface area contributed by atoms with Crippen LogP contribution in [0.5, 0.6) is 0 Å². The van der Waals surface area contributed by atoms with Gasteiger partial charge in [-0.05, 0) is 6.08 Å². The third-order valence-corrected chi connectivity index (χ3v) is 0.725. The number of rotatable bonds is 0.